The van der Waals surface area contributed by atoms with Crippen molar-refractivity contribution < 1.29 is 4.79 Å². The standard InChI is InChI=1S/C22H23N7OS/c1-14-10-15(2)29(27-14)20-11-19(23-13-24-20)28-9-5-6-16(12-28)21(30)26-22-25-17-7-3-4-8-18(17)31-22/h3-4,7-8,10-11,13,16H,5-6,9,12H2,1-2H3,(H,25,26,30)/t16-/m1/s1. The van der Waals surface area contributed by atoms with E-state index in [0.29, 0.717) is 11.7 Å². The van der Waals surface area contributed by atoms with Crippen LogP contribution >= 0.6 is 11.3 Å². The van der Waals surface area contributed by atoms with E-state index in [0.717, 1.165) is 52.6 Å². The summed E-state index contributed by atoms with van der Waals surface area (Å²) in [6.07, 6.45) is 3.34. The predicted molar refractivity (Wildman–Crippen MR) is 122 cm³/mol. The molecule has 1 N–H and O–H groups in total. The summed E-state index contributed by atoms with van der Waals surface area (Å²) in [7, 11) is 0. The van der Waals surface area contributed by atoms with Crippen LogP contribution in [0, 0.1) is 19.8 Å². The van der Waals surface area contributed by atoms with Gasteiger partial charge in [-0.15, -0.1) is 0 Å². The van der Waals surface area contributed by atoms with Gasteiger partial charge in [0.1, 0.15) is 12.1 Å². The predicted octanol–water partition coefficient (Wildman–Crippen LogP) is 3.74. The van der Waals surface area contributed by atoms with Gasteiger partial charge in [-0.05, 0) is 44.9 Å². The highest BCUT2D eigenvalue weighted by molar-refractivity contribution is 7.22. The number of hydrogen-bond donors (Lipinski definition) is 1. The fourth-order valence-electron chi connectivity index (χ4n) is 4.02. The number of aryl methyl sites for hydroxylation is 2. The first-order valence-corrected chi connectivity index (χ1v) is 11.2. The number of para-hydroxylation sites is 1. The maximum Gasteiger partial charge on any atom is 0.231 e. The number of amides is 1. The first-order chi connectivity index (χ1) is 15.1. The van der Waals surface area contributed by atoms with Crippen molar-refractivity contribution in [3.05, 3.63) is 54.1 Å². The minimum absolute atomic E-state index is 0.0107. The Bertz CT molecular complexity index is 1210. The van der Waals surface area contributed by atoms with E-state index in [1.165, 1.54) is 11.3 Å². The van der Waals surface area contributed by atoms with Crippen molar-refractivity contribution in [2.45, 2.75) is 26.7 Å². The molecule has 3 aromatic heterocycles. The average molecular weight is 434 g/mol. The second-order valence-electron chi connectivity index (χ2n) is 7.83. The number of thiazole rings is 1. The number of fused-ring (bicyclic) bond motifs is 1. The number of hydrogen-bond acceptors (Lipinski definition) is 7. The Morgan fingerprint density at radius 1 is 1.16 bits per heavy atom. The van der Waals surface area contributed by atoms with Crippen LogP contribution in [0.5, 0.6) is 0 Å². The van der Waals surface area contributed by atoms with Crippen molar-refractivity contribution in [2.75, 3.05) is 23.3 Å². The molecule has 4 heterocycles. The summed E-state index contributed by atoms with van der Waals surface area (Å²) in [6, 6.07) is 11.9. The van der Waals surface area contributed by atoms with Gasteiger partial charge in [0.05, 0.1) is 21.8 Å². The van der Waals surface area contributed by atoms with Gasteiger partial charge in [-0.2, -0.15) is 5.10 Å². The molecule has 1 atom stereocenters. The van der Waals surface area contributed by atoms with E-state index in [1.54, 1.807) is 6.33 Å². The first kappa shape index (κ1) is 19.6. The Kier molecular flexibility index (Phi) is 5.11. The van der Waals surface area contributed by atoms with Crippen molar-refractivity contribution >= 4 is 38.4 Å². The third kappa shape index (κ3) is 4.00. The van der Waals surface area contributed by atoms with E-state index >= 15 is 0 Å². The Balaban J connectivity index is 1.31. The third-order valence-corrected chi connectivity index (χ3v) is 6.46. The van der Waals surface area contributed by atoms with Gasteiger partial charge < -0.3 is 10.2 Å². The van der Waals surface area contributed by atoms with Gasteiger partial charge in [-0.25, -0.2) is 19.6 Å². The van der Waals surface area contributed by atoms with E-state index in [4.69, 9.17) is 0 Å². The molecule has 1 aliphatic heterocycles. The summed E-state index contributed by atoms with van der Waals surface area (Å²) in [4.78, 5) is 28.5. The van der Waals surface area contributed by atoms with Gasteiger partial charge in [0.2, 0.25) is 5.91 Å². The summed E-state index contributed by atoms with van der Waals surface area (Å²) in [5.74, 6) is 1.44. The van der Waals surface area contributed by atoms with Crippen LogP contribution in [0.2, 0.25) is 0 Å². The SMILES string of the molecule is Cc1cc(C)n(-c2cc(N3CCC[C@@H](C(=O)Nc4nc5ccccc5s4)C3)ncn2)n1. The minimum atomic E-state index is -0.118. The number of anilines is 2. The highest BCUT2D eigenvalue weighted by Crippen LogP contribution is 2.28. The third-order valence-electron chi connectivity index (χ3n) is 5.51. The zero-order chi connectivity index (χ0) is 21.4. The molecule has 31 heavy (non-hydrogen) atoms. The molecule has 1 amide bonds. The van der Waals surface area contributed by atoms with E-state index < -0.39 is 0 Å². The van der Waals surface area contributed by atoms with Crippen molar-refractivity contribution in [1.82, 2.24) is 24.7 Å². The fraction of sp³-hybridized carbons (Fsp3) is 0.318. The van der Waals surface area contributed by atoms with Crippen molar-refractivity contribution in [3.8, 4) is 5.82 Å². The molecule has 158 valence electrons. The number of benzene rings is 1. The zero-order valence-electron chi connectivity index (χ0n) is 17.4. The average Bonchev–Trinajstić information content (AvgIpc) is 3.35. The van der Waals surface area contributed by atoms with Crippen LogP contribution in [0.1, 0.15) is 24.2 Å². The lowest BCUT2D eigenvalue weighted by atomic mass is 9.97. The van der Waals surface area contributed by atoms with Gasteiger partial charge in [-0.3, -0.25) is 4.79 Å². The van der Waals surface area contributed by atoms with Crippen LogP contribution < -0.4 is 10.2 Å². The summed E-state index contributed by atoms with van der Waals surface area (Å²) in [6.45, 7) is 5.44. The van der Waals surface area contributed by atoms with Gasteiger partial charge in [0.25, 0.3) is 0 Å². The molecule has 0 radical (unpaired) electrons. The Labute approximate surface area is 184 Å². The number of rotatable bonds is 4. The lowest BCUT2D eigenvalue weighted by Gasteiger charge is -2.32. The minimum Gasteiger partial charge on any atom is -0.356 e. The van der Waals surface area contributed by atoms with Crippen LogP contribution in [0.3, 0.4) is 0 Å². The van der Waals surface area contributed by atoms with Gasteiger partial charge in [0, 0.05) is 24.8 Å². The van der Waals surface area contributed by atoms with Crippen LogP contribution in [-0.4, -0.2) is 43.7 Å². The Hall–Kier alpha value is -3.33. The molecule has 0 aliphatic carbocycles. The highest BCUT2D eigenvalue weighted by atomic mass is 32.1. The first-order valence-electron chi connectivity index (χ1n) is 10.3. The lowest BCUT2D eigenvalue weighted by Crippen LogP contribution is -2.41. The molecule has 0 unspecified atom stereocenters. The number of nitrogens with one attached hydrogen (secondary N) is 1. The molecule has 0 bridgehead atoms. The number of nitrogens with zero attached hydrogens (tertiary/aromatic N) is 6. The number of carbonyl (C=O) groups is 1. The van der Waals surface area contributed by atoms with E-state index in [-0.39, 0.29) is 11.8 Å². The number of carbonyl (C=O) groups excluding carboxylic acids is 1. The summed E-state index contributed by atoms with van der Waals surface area (Å²) >= 11 is 1.50. The maximum absolute atomic E-state index is 12.9. The molecular formula is C22H23N7OS. The Morgan fingerprint density at radius 2 is 2.00 bits per heavy atom. The van der Waals surface area contributed by atoms with Crippen LogP contribution in [0.15, 0.2) is 42.7 Å². The molecular weight excluding hydrogens is 410 g/mol. The number of piperidine rings is 1. The topological polar surface area (TPSA) is 88.8 Å². The maximum atomic E-state index is 12.9. The zero-order valence-corrected chi connectivity index (χ0v) is 18.3. The normalized spacial score (nSPS) is 16.6. The van der Waals surface area contributed by atoms with E-state index in [1.807, 2.05) is 54.9 Å². The second kappa shape index (κ2) is 8.07. The summed E-state index contributed by atoms with van der Waals surface area (Å²) in [5, 5.41) is 8.18. The molecule has 0 saturated carbocycles. The van der Waals surface area contributed by atoms with Crippen molar-refractivity contribution in [3.63, 3.8) is 0 Å². The van der Waals surface area contributed by atoms with E-state index in [9.17, 15) is 4.79 Å². The second-order valence-corrected chi connectivity index (χ2v) is 8.87. The van der Waals surface area contributed by atoms with Crippen LogP contribution in [0.4, 0.5) is 10.9 Å². The van der Waals surface area contributed by atoms with Gasteiger partial charge >= 0.3 is 0 Å². The molecule has 8 nitrogen and oxygen atoms in total. The molecule has 0 spiro atoms. The highest BCUT2D eigenvalue weighted by Gasteiger charge is 2.27. The summed E-state index contributed by atoms with van der Waals surface area (Å²) < 4.78 is 2.89. The van der Waals surface area contributed by atoms with Crippen molar-refractivity contribution in [1.29, 1.82) is 0 Å². The molecule has 1 aromatic carbocycles. The summed E-state index contributed by atoms with van der Waals surface area (Å²) in [5.41, 5.74) is 2.88. The largest absolute Gasteiger partial charge is 0.356 e. The smallest absolute Gasteiger partial charge is 0.231 e. The van der Waals surface area contributed by atoms with Crippen LogP contribution in [-0.2, 0) is 4.79 Å². The molecule has 1 fully saturated rings. The van der Waals surface area contributed by atoms with Gasteiger partial charge in [-0.1, -0.05) is 23.5 Å². The Morgan fingerprint density at radius 3 is 2.81 bits per heavy atom. The van der Waals surface area contributed by atoms with Crippen LogP contribution in [0.25, 0.3) is 16.0 Å². The van der Waals surface area contributed by atoms with E-state index in [2.05, 4.69) is 30.3 Å². The molecule has 1 aliphatic rings. The molecule has 1 saturated heterocycles. The fourth-order valence-corrected chi connectivity index (χ4v) is 4.89. The monoisotopic (exact) mass is 433 g/mol. The lowest BCUT2D eigenvalue weighted by molar-refractivity contribution is -0.120. The quantitative estimate of drug-likeness (QED) is 0.527. The molecule has 9 heteroatoms. The molecule has 4 aromatic rings. The molecule has 5 rings (SSSR count). The van der Waals surface area contributed by atoms with Crippen molar-refractivity contribution in [2.24, 2.45) is 5.92 Å². The number of aromatic nitrogens is 5. The van der Waals surface area contributed by atoms with Gasteiger partial charge in [0.15, 0.2) is 10.9 Å².